The number of aromatic nitrogens is 4. The van der Waals surface area contributed by atoms with Crippen LogP contribution >= 0.6 is 6.64 Å². The molecule has 12 nitrogen and oxygen atoms in total. The van der Waals surface area contributed by atoms with Crippen LogP contribution in [0.4, 0.5) is 4.39 Å². The monoisotopic (exact) mass is 611 g/mol. The molecule has 3 heterocycles. The average Bonchev–Trinajstić information content (AvgIpc) is 3.41. The van der Waals surface area contributed by atoms with E-state index in [-0.39, 0.29) is 18.6 Å². The van der Waals surface area contributed by atoms with Crippen molar-refractivity contribution in [3.05, 3.63) is 42.5 Å². The lowest BCUT2D eigenvalue weighted by Gasteiger charge is -2.28. The fourth-order valence-corrected chi connectivity index (χ4v) is 6.68. The summed E-state index contributed by atoms with van der Waals surface area (Å²) in [6, 6.07) is 7.81. The van der Waals surface area contributed by atoms with E-state index < -0.39 is 42.8 Å². The Morgan fingerprint density at radius 1 is 1.29 bits per heavy atom. The van der Waals surface area contributed by atoms with E-state index in [9.17, 15) is 9.90 Å². The summed E-state index contributed by atoms with van der Waals surface area (Å²) in [5.41, 5.74) is -1.64. The van der Waals surface area contributed by atoms with Crippen LogP contribution in [-0.4, -0.2) is 73.8 Å². The Labute approximate surface area is 242 Å². The molecule has 0 amide bonds. The second-order valence-electron chi connectivity index (χ2n) is 9.99. The number of aryl methyl sites for hydroxylation is 1. The number of hydrogen-bond donors (Lipinski definition) is 2. The fraction of sp³-hybridized carbons (Fsp3) is 0.538. The number of carbonyl (C=O) groups excluding carboxylic acids is 1. The Morgan fingerprint density at radius 3 is 2.66 bits per heavy atom. The molecule has 1 saturated heterocycles. The van der Waals surface area contributed by atoms with Gasteiger partial charge in [0.15, 0.2) is 23.1 Å². The van der Waals surface area contributed by atoms with Crippen LogP contribution in [0.25, 0.3) is 11.2 Å². The number of para-hydroxylation sites is 1. The number of halogens is 1. The molecule has 0 spiro atoms. The predicted molar refractivity (Wildman–Crippen MR) is 152 cm³/mol. The summed E-state index contributed by atoms with van der Waals surface area (Å²) in [4.78, 5) is 25.5. The van der Waals surface area contributed by atoms with Crippen LogP contribution in [0.3, 0.4) is 0 Å². The van der Waals surface area contributed by atoms with E-state index in [1.165, 1.54) is 17.8 Å². The molecule has 3 aromatic rings. The summed E-state index contributed by atoms with van der Waals surface area (Å²) in [5, 5.41) is 13.9. The van der Waals surface area contributed by atoms with Crippen LogP contribution in [0.5, 0.6) is 11.6 Å². The minimum atomic E-state index is -3.44. The van der Waals surface area contributed by atoms with Crippen molar-refractivity contribution in [2.75, 3.05) is 13.2 Å². The zero-order valence-electron chi connectivity index (χ0n) is 23.7. The number of aliphatic hydroxyl groups excluding tert-OH is 1. The molecule has 4 rings (SSSR count). The highest BCUT2D eigenvalue weighted by Crippen LogP contribution is 2.48. The molecular weight excluding hydrogens is 576 g/mol. The number of nitrogens with zero attached hydrogens (tertiary/aromatic N) is 4. The molecule has 0 saturated carbocycles. The first-order valence-electron chi connectivity index (χ1n) is 13.2. The molecule has 0 aliphatic carbocycles. The van der Waals surface area contributed by atoms with Gasteiger partial charge < -0.3 is 28.4 Å². The zero-order chi connectivity index (χ0) is 29.9. The van der Waals surface area contributed by atoms with E-state index in [4.69, 9.17) is 35.1 Å². The molecule has 41 heavy (non-hydrogen) atoms. The van der Waals surface area contributed by atoms with Crippen molar-refractivity contribution in [2.24, 2.45) is 0 Å². The number of hydrogen-bond acceptors (Lipinski definition) is 11. The molecule has 0 radical (unpaired) electrons. The van der Waals surface area contributed by atoms with Crippen molar-refractivity contribution < 1.29 is 37.5 Å². The first-order chi connectivity index (χ1) is 19.3. The van der Waals surface area contributed by atoms with Gasteiger partial charge in [-0.2, -0.15) is 4.98 Å². The fourth-order valence-electron chi connectivity index (χ4n) is 4.26. The lowest BCUT2D eigenvalue weighted by atomic mass is 9.98. The average molecular weight is 612 g/mol. The third kappa shape index (κ3) is 7.02. The molecule has 0 bridgehead atoms. The van der Waals surface area contributed by atoms with Gasteiger partial charge in [0, 0.05) is 0 Å². The van der Waals surface area contributed by atoms with E-state index in [1.54, 1.807) is 52.0 Å². The third-order valence-corrected chi connectivity index (χ3v) is 8.69. The molecule has 2 aromatic heterocycles. The number of imidazole rings is 1. The summed E-state index contributed by atoms with van der Waals surface area (Å²) in [5.74, 6) is 0.525. The summed E-state index contributed by atoms with van der Waals surface area (Å²) >= 11 is 5.72. The van der Waals surface area contributed by atoms with Crippen LogP contribution in [0.15, 0.2) is 36.7 Å². The van der Waals surface area contributed by atoms with Crippen molar-refractivity contribution in [3.8, 4) is 11.6 Å². The smallest absolute Gasteiger partial charge is 0.323 e. The van der Waals surface area contributed by atoms with Crippen molar-refractivity contribution in [3.63, 3.8) is 0 Å². The van der Waals surface area contributed by atoms with E-state index >= 15 is 4.39 Å². The normalized spacial score (nSPS) is 24.8. The largest absolute Gasteiger partial charge is 0.476 e. The van der Waals surface area contributed by atoms with Gasteiger partial charge in [0.05, 0.1) is 25.6 Å². The molecule has 15 heteroatoms. The second kappa shape index (κ2) is 12.6. The number of benzene rings is 1. The molecule has 1 fully saturated rings. The number of nitrogens with one attached hydrogen (secondary N) is 1. The summed E-state index contributed by atoms with van der Waals surface area (Å²) in [7, 11) is 0. The van der Waals surface area contributed by atoms with Gasteiger partial charge in [-0.1, -0.05) is 18.2 Å². The zero-order valence-corrected chi connectivity index (χ0v) is 25.4. The molecule has 6 atom stereocenters. The Kier molecular flexibility index (Phi) is 9.62. The van der Waals surface area contributed by atoms with Crippen LogP contribution < -0.4 is 14.3 Å². The predicted octanol–water partition coefficient (Wildman–Crippen LogP) is 3.77. The van der Waals surface area contributed by atoms with Crippen LogP contribution in [-0.2, 0) is 30.6 Å². The summed E-state index contributed by atoms with van der Waals surface area (Å²) in [6.45, 7) is 6.33. The highest BCUT2D eigenvalue weighted by Gasteiger charge is 2.56. The number of rotatable bonds is 12. The maximum Gasteiger partial charge on any atom is 0.323 e. The summed E-state index contributed by atoms with van der Waals surface area (Å²) in [6.07, 6.45) is -3.03. The minimum Gasteiger partial charge on any atom is -0.476 e. The van der Waals surface area contributed by atoms with Gasteiger partial charge in [0.2, 0.25) is 5.88 Å². The number of fused-ring (bicyclic) bond motifs is 1. The molecule has 1 aliphatic heterocycles. The highest BCUT2D eigenvalue weighted by atomic mass is 32.5. The van der Waals surface area contributed by atoms with Crippen LogP contribution in [0.2, 0.25) is 0 Å². The second-order valence-corrected chi connectivity index (χ2v) is 13.1. The summed E-state index contributed by atoms with van der Waals surface area (Å²) < 4.78 is 46.3. The minimum absolute atomic E-state index is 0.266. The standard InChI is InChI=1S/C26H35FN5O7PS/c1-7-35-23-20-22(29-17(5)30-23)32(14-28-20)25-26(6,27)21(33)19(38-25)13-36-40(41,39-18-11-9-8-10-12-18)31-16(4)24(34)37-15(2)3/h8-12,14-16,19,21,25,33H,7,13H2,1-6H3,(H,31,41)/t16-,19-,21-,25-,26-,40+/m1/s1. The molecular formula is C26H35FN5O7PS. The van der Waals surface area contributed by atoms with Crippen LogP contribution in [0, 0.1) is 6.92 Å². The Hall–Kier alpha value is -2.74. The number of esters is 1. The SMILES string of the molecule is CCOc1nc(C)nc2c1ncn2[C@@H]1O[C@H](CO[P@@](=S)(N[C@H](C)C(=O)OC(C)C)Oc2ccccc2)[C@@H](O)[C@@]1(C)F. The van der Waals surface area contributed by atoms with Crippen molar-refractivity contribution in [2.45, 2.75) is 77.8 Å². The maximum absolute atomic E-state index is 16.1. The molecule has 1 aliphatic rings. The van der Waals surface area contributed by atoms with Crippen molar-refractivity contribution in [1.82, 2.24) is 24.6 Å². The number of ether oxygens (including phenoxy) is 3. The quantitative estimate of drug-likeness (QED) is 0.228. The van der Waals surface area contributed by atoms with Gasteiger partial charge in [-0.3, -0.25) is 9.36 Å². The van der Waals surface area contributed by atoms with E-state index in [2.05, 4.69) is 20.0 Å². The van der Waals surface area contributed by atoms with Gasteiger partial charge in [-0.05, 0) is 65.5 Å². The van der Waals surface area contributed by atoms with Gasteiger partial charge >= 0.3 is 12.6 Å². The lowest BCUT2D eigenvalue weighted by molar-refractivity contribution is -0.149. The molecule has 224 valence electrons. The van der Waals surface area contributed by atoms with Gasteiger partial charge in [-0.25, -0.2) is 19.4 Å². The van der Waals surface area contributed by atoms with Crippen molar-refractivity contribution in [1.29, 1.82) is 0 Å². The molecule has 0 unspecified atom stereocenters. The highest BCUT2D eigenvalue weighted by molar-refractivity contribution is 8.09. The lowest BCUT2D eigenvalue weighted by Crippen LogP contribution is -2.41. The number of carbonyl (C=O) groups is 1. The third-order valence-electron chi connectivity index (χ3n) is 6.19. The molecule has 2 N–H and O–H groups in total. The number of aliphatic hydroxyl groups is 1. The van der Waals surface area contributed by atoms with E-state index in [0.29, 0.717) is 29.3 Å². The Balaban J connectivity index is 1.56. The maximum atomic E-state index is 16.1. The van der Waals surface area contributed by atoms with Gasteiger partial charge in [-0.15, -0.1) is 0 Å². The number of alkyl halides is 1. The van der Waals surface area contributed by atoms with Gasteiger partial charge in [0.25, 0.3) is 0 Å². The van der Waals surface area contributed by atoms with E-state index in [1.807, 2.05) is 13.0 Å². The van der Waals surface area contributed by atoms with Crippen LogP contribution in [0.1, 0.15) is 46.7 Å². The van der Waals surface area contributed by atoms with Gasteiger partial charge in [0.1, 0.15) is 29.8 Å². The Bertz CT molecular complexity index is 1410. The topological polar surface area (TPSA) is 139 Å². The van der Waals surface area contributed by atoms with Crippen molar-refractivity contribution >= 4 is 35.6 Å². The molecule has 1 aromatic carbocycles. The first kappa shape index (κ1) is 31.2. The van der Waals surface area contributed by atoms with E-state index in [0.717, 1.165) is 0 Å². The Morgan fingerprint density at radius 2 is 2.00 bits per heavy atom. The first-order valence-corrected chi connectivity index (χ1v) is 15.8.